The fourth-order valence-electron chi connectivity index (χ4n) is 2.99. The van der Waals surface area contributed by atoms with E-state index in [9.17, 15) is 33.8 Å². The molecule has 1 aliphatic rings. The van der Waals surface area contributed by atoms with Crippen LogP contribution in [0.25, 0.3) is 0 Å². The van der Waals surface area contributed by atoms with Gasteiger partial charge in [-0.15, -0.1) is 0 Å². The van der Waals surface area contributed by atoms with Crippen LogP contribution in [0.3, 0.4) is 0 Å². The maximum atomic E-state index is 12.4. The van der Waals surface area contributed by atoms with Crippen LogP contribution in [0.1, 0.15) is 5.56 Å². The Balaban J connectivity index is 1.99. The van der Waals surface area contributed by atoms with Crippen LogP contribution in [0.4, 0.5) is 0 Å². The van der Waals surface area contributed by atoms with E-state index in [2.05, 4.69) is 20.7 Å². The molecule has 16 heteroatoms. The molecule has 1 aliphatic heterocycles. The number of aromatic amines is 1. The number of hydrogen-bond acceptors (Lipinski definition) is 9. The van der Waals surface area contributed by atoms with Gasteiger partial charge >= 0.3 is 21.3 Å². The van der Waals surface area contributed by atoms with Crippen molar-refractivity contribution in [1.29, 1.82) is 0 Å². The molecule has 33 heavy (non-hydrogen) atoms. The Morgan fingerprint density at radius 3 is 2.39 bits per heavy atom. The molecule has 1 fully saturated rings. The lowest BCUT2D eigenvalue weighted by atomic mass is 10.0. The number of aliphatic hydroxyl groups is 2. The zero-order valence-electron chi connectivity index (χ0n) is 16.4. The number of H-pyrrole nitrogens is 1. The zero-order valence-corrected chi connectivity index (χ0v) is 18.2. The molecule has 6 N–H and O–H groups in total. The number of nitrogens with one attached hydrogen (secondary N) is 1. The first-order chi connectivity index (χ1) is 15.3. The van der Waals surface area contributed by atoms with Crippen molar-refractivity contribution >= 4 is 15.6 Å². The second-order valence-electron chi connectivity index (χ2n) is 6.72. The Labute approximate surface area is 184 Å². The number of aromatic nitrogens is 2. The molecule has 0 bridgehead atoms. The van der Waals surface area contributed by atoms with E-state index in [0.29, 0.717) is 10.1 Å². The maximum absolute atomic E-state index is 12.4. The fraction of sp³-hybridized carbons (Fsp3) is 0.294. The molecule has 1 saturated heterocycles. The highest BCUT2D eigenvalue weighted by Crippen LogP contribution is 2.57. The summed E-state index contributed by atoms with van der Waals surface area (Å²) in [6.45, 7) is -1.00. The predicted octanol–water partition coefficient (Wildman–Crippen LogP) is -1.41. The van der Waals surface area contributed by atoms with Crippen LogP contribution in [0.15, 0.2) is 52.2 Å². The van der Waals surface area contributed by atoms with E-state index in [1.165, 1.54) is 0 Å². The molecule has 2 heterocycles. The number of benzene rings is 1. The third-order valence-electron chi connectivity index (χ3n) is 4.39. The first kappa shape index (κ1) is 25.2. The van der Waals surface area contributed by atoms with E-state index in [4.69, 9.17) is 14.5 Å². The summed E-state index contributed by atoms with van der Waals surface area (Å²) in [6.07, 6.45) is -4.45. The largest absolute Gasteiger partial charge is 0.481 e. The van der Waals surface area contributed by atoms with Gasteiger partial charge in [-0.1, -0.05) is 24.1 Å². The number of phosphoric acid groups is 2. The van der Waals surface area contributed by atoms with Crippen LogP contribution in [0.2, 0.25) is 0 Å². The van der Waals surface area contributed by atoms with Crippen LogP contribution in [0.5, 0.6) is 0 Å². The average Bonchev–Trinajstić information content (AvgIpc) is 2.95. The summed E-state index contributed by atoms with van der Waals surface area (Å²) in [6, 6.07) is 9.21. The molecular formula is C17H18N2O12P2. The Hall–Kier alpha value is -2.40. The van der Waals surface area contributed by atoms with Gasteiger partial charge in [-0.05, 0) is 18.1 Å². The summed E-state index contributed by atoms with van der Waals surface area (Å²) in [7, 11) is -10.7. The van der Waals surface area contributed by atoms with E-state index in [1.807, 2.05) is 4.98 Å². The molecule has 0 amide bonds. The highest BCUT2D eigenvalue weighted by molar-refractivity contribution is 7.60. The standard InChI is InChI=1S/C17H18N2O12P2/c20-13-7-9-19(16(23)18-13)17(8-6-11-4-2-1-3-5-11)15(22)14(21)12(30-17)10-29-33(27,28)31-32(24,25)26/h1-5,7,9,12,14-15,21-22H,10H2,(H,27,28)(H,18,20,23)(H2,24,25,26)/t12-,14-,15-,17-/m1/s1. The smallest absolute Gasteiger partial charge is 0.387 e. The van der Waals surface area contributed by atoms with Gasteiger partial charge in [0.05, 0.1) is 6.61 Å². The SMILES string of the molecule is O=c1ccn([C@]2(C#Cc3ccccc3)O[C@H](COP(=O)(O)OP(=O)(O)O)[C@@H](O)[C@H]2O)c(=O)[nH]1. The van der Waals surface area contributed by atoms with Crippen molar-refractivity contribution in [3.8, 4) is 11.8 Å². The number of aliphatic hydroxyl groups excluding tert-OH is 2. The average molecular weight is 504 g/mol. The van der Waals surface area contributed by atoms with Gasteiger partial charge in [0.15, 0.2) is 0 Å². The number of phosphoric ester groups is 1. The van der Waals surface area contributed by atoms with Gasteiger partial charge in [0.1, 0.15) is 18.3 Å². The third kappa shape index (κ3) is 5.94. The van der Waals surface area contributed by atoms with Crippen molar-refractivity contribution < 1.29 is 47.6 Å². The predicted molar refractivity (Wildman–Crippen MR) is 108 cm³/mol. The Bertz CT molecular complexity index is 1280. The lowest BCUT2D eigenvalue weighted by Gasteiger charge is -2.28. The van der Waals surface area contributed by atoms with Crippen molar-refractivity contribution in [2.45, 2.75) is 24.0 Å². The molecule has 0 aliphatic carbocycles. The molecule has 5 atom stereocenters. The first-order valence-corrected chi connectivity index (χ1v) is 12.0. The summed E-state index contributed by atoms with van der Waals surface area (Å²) < 4.78 is 36.9. The normalized spacial score (nSPS) is 26.9. The lowest BCUT2D eigenvalue weighted by Crippen LogP contribution is -2.50. The second kappa shape index (κ2) is 9.46. The topological polar surface area (TPSA) is 218 Å². The van der Waals surface area contributed by atoms with Gasteiger partial charge in [0.2, 0.25) is 5.72 Å². The molecule has 178 valence electrons. The Kier molecular flexibility index (Phi) is 7.23. The number of ether oxygens (including phenoxy) is 1. The van der Waals surface area contributed by atoms with Crippen molar-refractivity contribution in [1.82, 2.24) is 9.55 Å². The summed E-state index contributed by atoms with van der Waals surface area (Å²) in [4.78, 5) is 52.6. The minimum atomic E-state index is -5.40. The van der Waals surface area contributed by atoms with Gasteiger partial charge in [0.25, 0.3) is 5.56 Å². The fourth-order valence-corrected chi connectivity index (χ4v) is 4.59. The van der Waals surface area contributed by atoms with E-state index in [0.717, 1.165) is 12.3 Å². The third-order valence-corrected chi connectivity index (χ3v) is 6.54. The van der Waals surface area contributed by atoms with Crippen molar-refractivity contribution in [2.75, 3.05) is 6.61 Å². The Morgan fingerprint density at radius 1 is 1.12 bits per heavy atom. The van der Waals surface area contributed by atoms with Crippen LogP contribution >= 0.6 is 15.6 Å². The van der Waals surface area contributed by atoms with Crippen LogP contribution in [-0.2, 0) is 28.4 Å². The van der Waals surface area contributed by atoms with Crippen molar-refractivity contribution in [3.63, 3.8) is 0 Å². The number of nitrogens with zero attached hydrogens (tertiary/aromatic N) is 1. The van der Waals surface area contributed by atoms with E-state index in [-0.39, 0.29) is 0 Å². The van der Waals surface area contributed by atoms with Crippen LogP contribution in [0, 0.1) is 11.8 Å². The van der Waals surface area contributed by atoms with Gasteiger partial charge in [-0.2, -0.15) is 4.31 Å². The van der Waals surface area contributed by atoms with Crippen molar-refractivity contribution in [2.24, 2.45) is 0 Å². The molecule has 1 unspecified atom stereocenters. The molecular weight excluding hydrogens is 486 g/mol. The minimum absolute atomic E-state index is 0.439. The molecule has 14 nitrogen and oxygen atoms in total. The lowest BCUT2D eigenvalue weighted by molar-refractivity contribution is -0.107. The number of hydrogen-bond donors (Lipinski definition) is 6. The van der Waals surface area contributed by atoms with Gasteiger partial charge in [0, 0.05) is 17.8 Å². The van der Waals surface area contributed by atoms with Crippen LogP contribution < -0.4 is 11.2 Å². The van der Waals surface area contributed by atoms with E-state index < -0.39 is 57.5 Å². The molecule has 0 saturated carbocycles. The summed E-state index contributed by atoms with van der Waals surface area (Å²) in [5.74, 6) is 5.22. The minimum Gasteiger partial charge on any atom is -0.387 e. The maximum Gasteiger partial charge on any atom is 0.481 e. The van der Waals surface area contributed by atoms with E-state index >= 15 is 0 Å². The van der Waals surface area contributed by atoms with Gasteiger partial charge < -0.3 is 29.6 Å². The number of rotatable bonds is 6. The summed E-state index contributed by atoms with van der Waals surface area (Å²) in [5, 5.41) is 21.2. The summed E-state index contributed by atoms with van der Waals surface area (Å²) in [5.41, 5.74) is -3.65. The second-order valence-corrected chi connectivity index (χ2v) is 9.55. The van der Waals surface area contributed by atoms with Gasteiger partial charge in [-0.3, -0.25) is 18.9 Å². The van der Waals surface area contributed by atoms with Gasteiger partial charge in [-0.25, -0.2) is 13.9 Å². The molecule has 1 aromatic carbocycles. The zero-order chi connectivity index (χ0) is 24.4. The van der Waals surface area contributed by atoms with Crippen LogP contribution in [-0.4, -0.2) is 59.4 Å². The molecule has 0 spiro atoms. The molecule has 3 rings (SSSR count). The first-order valence-electron chi connectivity index (χ1n) is 9.02. The molecule has 0 radical (unpaired) electrons. The van der Waals surface area contributed by atoms with E-state index in [1.54, 1.807) is 30.3 Å². The molecule has 2 aromatic rings. The highest BCUT2D eigenvalue weighted by Gasteiger charge is 2.56. The quantitative estimate of drug-likeness (QED) is 0.197. The summed E-state index contributed by atoms with van der Waals surface area (Å²) >= 11 is 0. The monoisotopic (exact) mass is 504 g/mol. The van der Waals surface area contributed by atoms with Crippen molar-refractivity contribution in [3.05, 3.63) is 69.0 Å². The molecule has 1 aromatic heterocycles. The highest BCUT2D eigenvalue weighted by atomic mass is 31.3. The Morgan fingerprint density at radius 2 is 1.79 bits per heavy atom.